The van der Waals surface area contributed by atoms with Crippen LogP contribution in [-0.4, -0.2) is 23.9 Å². The molecule has 1 amide bonds. The van der Waals surface area contributed by atoms with Crippen LogP contribution < -0.4 is 5.32 Å². The number of alkyl carbamates (subject to hydrolysis) is 1. The third kappa shape index (κ3) is 5.00. The minimum absolute atomic E-state index is 0.00749. The van der Waals surface area contributed by atoms with Crippen LogP contribution in [-0.2, 0) is 11.3 Å². The number of rotatable bonds is 4. The maximum Gasteiger partial charge on any atom is 0.407 e. The van der Waals surface area contributed by atoms with Crippen LogP contribution in [0.2, 0.25) is 5.02 Å². The third-order valence-corrected chi connectivity index (χ3v) is 2.06. The summed E-state index contributed by atoms with van der Waals surface area (Å²) >= 11 is 5.72. The first kappa shape index (κ1) is 12.8. The summed E-state index contributed by atoms with van der Waals surface area (Å²) in [6.07, 6.45) is -1.20. The van der Waals surface area contributed by atoms with Crippen molar-refractivity contribution in [3.05, 3.63) is 34.9 Å². The van der Waals surface area contributed by atoms with E-state index in [0.29, 0.717) is 11.6 Å². The van der Waals surface area contributed by atoms with E-state index in [4.69, 9.17) is 21.4 Å². The van der Waals surface area contributed by atoms with Crippen LogP contribution in [0.15, 0.2) is 24.3 Å². The fourth-order valence-electron chi connectivity index (χ4n) is 1.02. The van der Waals surface area contributed by atoms with Crippen molar-refractivity contribution in [3.8, 4) is 0 Å². The van der Waals surface area contributed by atoms with Crippen LogP contribution in [0.25, 0.3) is 0 Å². The summed E-state index contributed by atoms with van der Waals surface area (Å²) in [5.74, 6) is 0. The molecule has 1 atom stereocenters. The lowest BCUT2D eigenvalue weighted by atomic mass is 10.2. The molecular formula is C11H14ClNO3. The zero-order valence-electron chi connectivity index (χ0n) is 8.94. The summed E-state index contributed by atoms with van der Waals surface area (Å²) in [6.45, 7) is 1.91. The molecule has 0 saturated heterocycles. The average molecular weight is 244 g/mol. The van der Waals surface area contributed by atoms with Crippen LogP contribution in [0.3, 0.4) is 0 Å². The molecule has 4 nitrogen and oxygen atoms in total. The molecule has 0 saturated carbocycles. The number of amides is 1. The van der Waals surface area contributed by atoms with Gasteiger partial charge in [-0.05, 0) is 24.6 Å². The second-order valence-corrected chi connectivity index (χ2v) is 3.86. The molecule has 0 radical (unpaired) electrons. The number of aliphatic hydroxyl groups is 1. The average Bonchev–Trinajstić information content (AvgIpc) is 2.25. The Kier molecular flexibility index (Phi) is 5.08. The second kappa shape index (κ2) is 6.35. The molecule has 0 aliphatic heterocycles. The quantitative estimate of drug-likeness (QED) is 0.850. The Morgan fingerprint density at radius 2 is 2.12 bits per heavy atom. The monoisotopic (exact) mass is 243 g/mol. The van der Waals surface area contributed by atoms with Gasteiger partial charge < -0.3 is 15.2 Å². The number of ether oxygens (including phenoxy) is 1. The Labute approximate surface area is 99.2 Å². The third-order valence-electron chi connectivity index (χ3n) is 1.81. The summed E-state index contributed by atoms with van der Waals surface area (Å²) in [5.41, 5.74) is 0.929. The molecular weight excluding hydrogens is 230 g/mol. The van der Waals surface area contributed by atoms with Crippen LogP contribution in [0.4, 0.5) is 4.79 Å². The van der Waals surface area contributed by atoms with Crippen molar-refractivity contribution in [1.29, 1.82) is 0 Å². The summed E-state index contributed by atoms with van der Waals surface area (Å²) in [5, 5.41) is 12.1. The van der Waals surface area contributed by atoms with Gasteiger partial charge in [0.25, 0.3) is 0 Å². The molecule has 0 fully saturated rings. The summed E-state index contributed by atoms with van der Waals surface area (Å²) in [6, 6.07) is 7.13. The van der Waals surface area contributed by atoms with Crippen molar-refractivity contribution in [2.45, 2.75) is 19.6 Å². The number of carbonyl (C=O) groups is 1. The molecule has 0 aliphatic carbocycles. The molecule has 5 heteroatoms. The molecule has 0 heterocycles. The highest BCUT2D eigenvalue weighted by Gasteiger charge is 2.03. The molecule has 1 aromatic rings. The smallest absolute Gasteiger partial charge is 0.407 e. The van der Waals surface area contributed by atoms with Gasteiger partial charge in [0.05, 0.1) is 6.10 Å². The van der Waals surface area contributed by atoms with E-state index in [1.54, 1.807) is 19.1 Å². The zero-order valence-corrected chi connectivity index (χ0v) is 9.70. The van der Waals surface area contributed by atoms with E-state index in [0.717, 1.165) is 5.56 Å². The molecule has 1 unspecified atom stereocenters. The maximum atomic E-state index is 11.1. The number of nitrogens with one attached hydrogen (secondary N) is 1. The van der Waals surface area contributed by atoms with Crippen LogP contribution in [0, 0.1) is 0 Å². The van der Waals surface area contributed by atoms with Crippen molar-refractivity contribution in [2.75, 3.05) is 6.61 Å². The van der Waals surface area contributed by atoms with Gasteiger partial charge in [0.1, 0.15) is 6.61 Å². The molecule has 1 rings (SSSR count). The Balaban J connectivity index is 2.29. The standard InChI is InChI=1S/C11H14ClNO3/c1-8(14)7-16-11(15)13-6-9-2-4-10(12)5-3-9/h2-5,8,14H,6-7H2,1H3,(H,13,15). The van der Waals surface area contributed by atoms with Crippen molar-refractivity contribution in [2.24, 2.45) is 0 Å². The summed E-state index contributed by atoms with van der Waals surface area (Å²) in [7, 11) is 0. The Morgan fingerprint density at radius 1 is 1.50 bits per heavy atom. The molecule has 0 aliphatic rings. The molecule has 0 aromatic heterocycles. The number of carbonyl (C=O) groups excluding carboxylic acids is 1. The van der Waals surface area contributed by atoms with Crippen molar-refractivity contribution in [1.82, 2.24) is 5.32 Å². The zero-order chi connectivity index (χ0) is 12.0. The Hall–Kier alpha value is -1.26. The topological polar surface area (TPSA) is 58.6 Å². The van der Waals surface area contributed by atoms with Gasteiger partial charge in [-0.15, -0.1) is 0 Å². The molecule has 2 N–H and O–H groups in total. The van der Waals surface area contributed by atoms with E-state index in [9.17, 15) is 4.79 Å². The summed E-state index contributed by atoms with van der Waals surface area (Å²) in [4.78, 5) is 11.1. The van der Waals surface area contributed by atoms with E-state index in [1.165, 1.54) is 0 Å². The van der Waals surface area contributed by atoms with Crippen LogP contribution in [0.5, 0.6) is 0 Å². The lowest BCUT2D eigenvalue weighted by Gasteiger charge is -2.08. The molecule has 1 aromatic carbocycles. The van der Waals surface area contributed by atoms with Gasteiger partial charge >= 0.3 is 6.09 Å². The van der Waals surface area contributed by atoms with E-state index >= 15 is 0 Å². The number of hydrogen-bond acceptors (Lipinski definition) is 3. The molecule has 0 spiro atoms. The largest absolute Gasteiger partial charge is 0.447 e. The van der Waals surface area contributed by atoms with Gasteiger partial charge in [-0.25, -0.2) is 4.79 Å². The maximum absolute atomic E-state index is 11.1. The van der Waals surface area contributed by atoms with E-state index < -0.39 is 12.2 Å². The lowest BCUT2D eigenvalue weighted by molar-refractivity contribution is 0.0778. The number of benzene rings is 1. The first-order valence-corrected chi connectivity index (χ1v) is 5.29. The molecule has 88 valence electrons. The Morgan fingerprint density at radius 3 is 2.69 bits per heavy atom. The SMILES string of the molecule is CC(O)COC(=O)NCc1ccc(Cl)cc1. The van der Waals surface area contributed by atoms with Gasteiger partial charge in [0.2, 0.25) is 0 Å². The highest BCUT2D eigenvalue weighted by Crippen LogP contribution is 2.09. The number of aliphatic hydroxyl groups excluding tert-OH is 1. The highest BCUT2D eigenvalue weighted by atomic mass is 35.5. The van der Waals surface area contributed by atoms with Crippen LogP contribution in [0.1, 0.15) is 12.5 Å². The molecule has 16 heavy (non-hydrogen) atoms. The highest BCUT2D eigenvalue weighted by molar-refractivity contribution is 6.30. The lowest BCUT2D eigenvalue weighted by Crippen LogP contribution is -2.26. The minimum atomic E-state index is -0.652. The number of halogens is 1. The first-order valence-electron chi connectivity index (χ1n) is 4.91. The van der Waals surface area contributed by atoms with Gasteiger partial charge in [-0.1, -0.05) is 23.7 Å². The van der Waals surface area contributed by atoms with Gasteiger partial charge in [-0.2, -0.15) is 0 Å². The number of hydrogen-bond donors (Lipinski definition) is 2. The van der Waals surface area contributed by atoms with Gasteiger partial charge in [0, 0.05) is 11.6 Å². The fourth-order valence-corrected chi connectivity index (χ4v) is 1.15. The summed E-state index contributed by atoms with van der Waals surface area (Å²) < 4.78 is 4.72. The normalized spacial score (nSPS) is 11.9. The van der Waals surface area contributed by atoms with Crippen molar-refractivity contribution in [3.63, 3.8) is 0 Å². The van der Waals surface area contributed by atoms with Crippen molar-refractivity contribution < 1.29 is 14.6 Å². The van der Waals surface area contributed by atoms with Crippen molar-refractivity contribution >= 4 is 17.7 Å². The van der Waals surface area contributed by atoms with E-state index in [1.807, 2.05) is 12.1 Å². The molecule has 0 bridgehead atoms. The predicted molar refractivity (Wildman–Crippen MR) is 61.3 cm³/mol. The van der Waals surface area contributed by atoms with Gasteiger partial charge in [0.15, 0.2) is 0 Å². The van der Waals surface area contributed by atoms with Crippen LogP contribution >= 0.6 is 11.6 Å². The first-order chi connectivity index (χ1) is 7.58. The van der Waals surface area contributed by atoms with E-state index in [-0.39, 0.29) is 6.61 Å². The minimum Gasteiger partial charge on any atom is -0.447 e. The second-order valence-electron chi connectivity index (χ2n) is 3.43. The Bertz CT molecular complexity index is 338. The predicted octanol–water partition coefficient (Wildman–Crippen LogP) is 1.95. The van der Waals surface area contributed by atoms with Gasteiger partial charge in [-0.3, -0.25) is 0 Å². The van der Waals surface area contributed by atoms with E-state index in [2.05, 4.69) is 5.32 Å². The fraction of sp³-hybridized carbons (Fsp3) is 0.364.